The van der Waals surface area contributed by atoms with Gasteiger partial charge in [0.1, 0.15) is 42.5 Å². The molecule has 2 heterocycles. The highest BCUT2D eigenvalue weighted by atomic mass is 19.1. The van der Waals surface area contributed by atoms with Crippen LogP contribution in [0.1, 0.15) is 24.8 Å². The van der Waals surface area contributed by atoms with Crippen LogP contribution in [-0.4, -0.2) is 69.0 Å². The van der Waals surface area contributed by atoms with Gasteiger partial charge in [-0.25, -0.2) is 18.7 Å². The number of carbonyl (C=O) groups is 2. The first-order chi connectivity index (χ1) is 23.8. The lowest BCUT2D eigenvalue weighted by Gasteiger charge is -2.21. The predicted octanol–water partition coefficient (Wildman–Crippen LogP) is 5.66. The number of anilines is 2. The maximum Gasteiger partial charge on any atom is 0.263 e. The van der Waals surface area contributed by atoms with Crippen LogP contribution in [0.15, 0.2) is 66.1 Å². The van der Waals surface area contributed by atoms with Gasteiger partial charge in [0.2, 0.25) is 5.88 Å². The number of allylic oxidation sites excluding steroid dienone is 1. The van der Waals surface area contributed by atoms with E-state index in [1.54, 1.807) is 51.5 Å². The lowest BCUT2D eigenvalue weighted by molar-refractivity contribution is -0.118. The molecule has 0 unspecified atom stereocenters. The third-order valence-electron chi connectivity index (χ3n) is 7.52. The summed E-state index contributed by atoms with van der Waals surface area (Å²) in [5, 5.41) is 8.77. The summed E-state index contributed by atoms with van der Waals surface area (Å²) in [4.78, 5) is 35.6. The molecule has 1 aliphatic rings. The van der Waals surface area contributed by atoms with Crippen LogP contribution >= 0.6 is 0 Å². The van der Waals surface area contributed by atoms with Crippen molar-refractivity contribution in [2.24, 2.45) is 0 Å². The number of halogens is 2. The van der Waals surface area contributed by atoms with Gasteiger partial charge >= 0.3 is 0 Å². The minimum atomic E-state index is -0.864. The first-order valence-electron chi connectivity index (χ1n) is 15.6. The Hall–Kier alpha value is -5.34. The van der Waals surface area contributed by atoms with E-state index in [1.165, 1.54) is 6.33 Å². The second kappa shape index (κ2) is 16.7. The molecule has 49 heavy (non-hydrogen) atoms. The second-order valence-electron chi connectivity index (χ2n) is 11.0. The molecule has 1 fully saturated rings. The molecule has 0 atom stereocenters. The van der Waals surface area contributed by atoms with Crippen molar-refractivity contribution in [2.45, 2.75) is 26.2 Å². The molecule has 3 N–H and O–H groups in total. The molecule has 5 rings (SSSR count). The number of aromatic nitrogens is 2. The maximum atomic E-state index is 14.3. The lowest BCUT2D eigenvalue weighted by Crippen LogP contribution is -2.32. The van der Waals surface area contributed by atoms with Crippen molar-refractivity contribution < 1.29 is 42.1 Å². The minimum absolute atomic E-state index is 0.220. The third kappa shape index (κ3) is 8.97. The summed E-state index contributed by atoms with van der Waals surface area (Å²) in [7, 11) is 3.17. The van der Waals surface area contributed by atoms with Crippen LogP contribution in [0.4, 0.5) is 20.2 Å². The Morgan fingerprint density at radius 3 is 2.27 bits per heavy atom. The standard InChI is InChI=1S/C35H37F2N5O7/c1-21-16-23(41-33(43)32(26-6-4-5-11-38-26)34(44)42-28-17-22(36)7-9-25(28)37)8-10-29(21)49-35-24-18-30(47-14-12-45-2)31(48-15-13-46-3)19-27(24)39-20-40-35/h7-10,16-20,38H,4-6,11-15H2,1-3H3,(H,41,43)(H,42,44)/b32-26-. The van der Waals surface area contributed by atoms with Gasteiger partial charge in [-0.05, 0) is 68.1 Å². The van der Waals surface area contributed by atoms with Gasteiger partial charge in [-0.1, -0.05) is 0 Å². The Bertz CT molecular complexity index is 1850. The molecule has 0 bridgehead atoms. The Labute approximate surface area is 281 Å². The number of hydrogen-bond donors (Lipinski definition) is 3. The average molecular weight is 678 g/mol. The van der Waals surface area contributed by atoms with E-state index in [-0.39, 0.29) is 23.7 Å². The number of aryl methyl sites for hydroxylation is 1. The summed E-state index contributed by atoms with van der Waals surface area (Å²) >= 11 is 0. The molecular weight excluding hydrogens is 640 g/mol. The number of piperidine rings is 1. The number of methoxy groups -OCH3 is 2. The average Bonchev–Trinajstić information content (AvgIpc) is 3.08. The van der Waals surface area contributed by atoms with Crippen molar-refractivity contribution in [3.8, 4) is 23.1 Å². The first kappa shape index (κ1) is 35.0. The van der Waals surface area contributed by atoms with Crippen LogP contribution in [0.25, 0.3) is 10.9 Å². The van der Waals surface area contributed by atoms with E-state index in [2.05, 4.69) is 25.9 Å². The van der Waals surface area contributed by atoms with Crippen LogP contribution in [0, 0.1) is 18.6 Å². The molecule has 0 spiro atoms. The largest absolute Gasteiger partial charge is 0.487 e. The molecule has 2 amide bonds. The van der Waals surface area contributed by atoms with E-state index in [0.717, 1.165) is 31.0 Å². The van der Waals surface area contributed by atoms with Crippen LogP contribution in [0.3, 0.4) is 0 Å². The normalized spacial score (nSPS) is 13.7. The van der Waals surface area contributed by atoms with E-state index in [4.69, 9.17) is 23.7 Å². The Kier molecular flexibility index (Phi) is 11.9. The zero-order valence-electron chi connectivity index (χ0n) is 27.4. The van der Waals surface area contributed by atoms with Gasteiger partial charge in [0.25, 0.3) is 11.8 Å². The van der Waals surface area contributed by atoms with Crippen molar-refractivity contribution in [1.82, 2.24) is 15.3 Å². The van der Waals surface area contributed by atoms with Crippen molar-refractivity contribution in [1.29, 1.82) is 0 Å². The minimum Gasteiger partial charge on any atom is -0.487 e. The van der Waals surface area contributed by atoms with Gasteiger partial charge in [-0.15, -0.1) is 0 Å². The van der Waals surface area contributed by atoms with Gasteiger partial charge in [0.15, 0.2) is 11.5 Å². The highest BCUT2D eigenvalue weighted by molar-refractivity contribution is 6.26. The van der Waals surface area contributed by atoms with Crippen molar-refractivity contribution in [3.05, 3.63) is 83.3 Å². The summed E-state index contributed by atoms with van der Waals surface area (Å²) in [6, 6.07) is 11.1. The molecule has 3 aromatic carbocycles. The number of nitrogens with one attached hydrogen (secondary N) is 3. The molecule has 0 aliphatic carbocycles. The van der Waals surface area contributed by atoms with Gasteiger partial charge in [0, 0.05) is 44.3 Å². The van der Waals surface area contributed by atoms with Crippen LogP contribution in [0.5, 0.6) is 23.1 Å². The number of ether oxygens (including phenoxy) is 5. The number of carbonyl (C=O) groups excluding carboxylic acids is 2. The third-order valence-corrected chi connectivity index (χ3v) is 7.52. The Morgan fingerprint density at radius 2 is 1.57 bits per heavy atom. The fourth-order valence-corrected chi connectivity index (χ4v) is 5.08. The fraction of sp³-hybridized carbons (Fsp3) is 0.314. The summed E-state index contributed by atoms with van der Waals surface area (Å²) in [6.07, 6.45) is 3.44. The predicted molar refractivity (Wildman–Crippen MR) is 178 cm³/mol. The molecule has 258 valence electrons. The quantitative estimate of drug-likeness (QED) is 0.0662. The highest BCUT2D eigenvalue weighted by Gasteiger charge is 2.26. The SMILES string of the molecule is COCCOc1cc2ncnc(Oc3ccc(NC(=O)/C(C(=O)Nc4cc(F)ccc4F)=C4\CCCCN4)cc3C)c2cc1OCCOC. The topological polar surface area (TPSA) is 142 Å². The molecule has 1 saturated heterocycles. The van der Waals surface area contributed by atoms with E-state index in [9.17, 15) is 18.4 Å². The molecule has 4 aromatic rings. The summed E-state index contributed by atoms with van der Waals surface area (Å²) in [6.45, 7) is 3.72. The van der Waals surface area contributed by atoms with Crippen molar-refractivity contribution >= 4 is 34.1 Å². The van der Waals surface area contributed by atoms with Gasteiger partial charge in [-0.3, -0.25) is 9.59 Å². The van der Waals surface area contributed by atoms with E-state index >= 15 is 0 Å². The van der Waals surface area contributed by atoms with E-state index in [1.807, 2.05) is 0 Å². The van der Waals surface area contributed by atoms with Gasteiger partial charge < -0.3 is 39.6 Å². The van der Waals surface area contributed by atoms with Gasteiger partial charge in [-0.2, -0.15) is 0 Å². The molecule has 0 radical (unpaired) electrons. The zero-order chi connectivity index (χ0) is 34.8. The molecule has 0 saturated carbocycles. The number of benzene rings is 3. The summed E-state index contributed by atoms with van der Waals surface area (Å²) in [5.41, 5.74) is 1.42. The number of amides is 2. The van der Waals surface area contributed by atoms with Crippen LogP contribution < -0.4 is 30.2 Å². The van der Waals surface area contributed by atoms with Gasteiger partial charge in [0.05, 0.1) is 29.8 Å². The maximum absolute atomic E-state index is 14.3. The molecule has 1 aliphatic heterocycles. The molecule has 14 heteroatoms. The lowest BCUT2D eigenvalue weighted by atomic mass is 10.0. The smallest absolute Gasteiger partial charge is 0.263 e. The first-order valence-corrected chi connectivity index (χ1v) is 15.6. The number of hydrogen-bond acceptors (Lipinski definition) is 10. The molecule has 12 nitrogen and oxygen atoms in total. The molecule has 1 aromatic heterocycles. The number of rotatable bonds is 14. The Balaban J connectivity index is 1.37. The highest BCUT2D eigenvalue weighted by Crippen LogP contribution is 2.37. The monoisotopic (exact) mass is 677 g/mol. The number of nitrogens with zero attached hydrogens (tertiary/aromatic N) is 2. The zero-order valence-corrected chi connectivity index (χ0v) is 27.4. The van der Waals surface area contributed by atoms with E-state index < -0.39 is 23.4 Å². The fourth-order valence-electron chi connectivity index (χ4n) is 5.08. The number of fused-ring (bicyclic) bond motifs is 1. The van der Waals surface area contributed by atoms with E-state index in [0.29, 0.717) is 77.9 Å². The Morgan fingerprint density at radius 1 is 0.837 bits per heavy atom. The second-order valence-corrected chi connectivity index (χ2v) is 11.0. The molecular formula is C35H37F2N5O7. The summed E-state index contributed by atoms with van der Waals surface area (Å²) in [5.74, 6) is -1.48. The van der Waals surface area contributed by atoms with Crippen molar-refractivity contribution in [2.75, 3.05) is 57.8 Å². The van der Waals surface area contributed by atoms with Crippen LogP contribution in [0.2, 0.25) is 0 Å². The van der Waals surface area contributed by atoms with Crippen LogP contribution in [-0.2, 0) is 19.1 Å². The summed E-state index contributed by atoms with van der Waals surface area (Å²) < 4.78 is 56.3. The van der Waals surface area contributed by atoms with Crippen molar-refractivity contribution in [3.63, 3.8) is 0 Å².